The third-order valence-electron chi connectivity index (χ3n) is 4.39. The minimum absolute atomic E-state index is 0.234. The second-order valence-electron chi connectivity index (χ2n) is 5.90. The van der Waals surface area contributed by atoms with Gasteiger partial charge in [-0.05, 0) is 38.8 Å². The molecule has 0 amide bonds. The Morgan fingerprint density at radius 1 is 1.39 bits per heavy atom. The van der Waals surface area contributed by atoms with Crippen molar-refractivity contribution in [2.45, 2.75) is 45.7 Å². The summed E-state index contributed by atoms with van der Waals surface area (Å²) in [6.07, 6.45) is 3.07. The van der Waals surface area contributed by atoms with Crippen LogP contribution in [0.3, 0.4) is 0 Å². The van der Waals surface area contributed by atoms with E-state index < -0.39 is 0 Å². The summed E-state index contributed by atoms with van der Waals surface area (Å²) in [5, 5.41) is 14.5. The topological polar surface area (TPSA) is 58.7 Å². The second-order valence-corrected chi connectivity index (χ2v) is 5.90. The zero-order valence-electron chi connectivity index (χ0n) is 13.8. The van der Waals surface area contributed by atoms with Gasteiger partial charge < -0.3 is 14.4 Å². The van der Waals surface area contributed by atoms with Crippen LogP contribution in [-0.2, 0) is 13.0 Å². The maximum atomic E-state index is 10.4. The number of para-hydroxylation sites is 1. The van der Waals surface area contributed by atoms with Gasteiger partial charge in [-0.3, -0.25) is 4.90 Å². The molecule has 1 fully saturated rings. The Bertz CT molecular complexity index is 653. The average Bonchev–Trinajstić information content (AvgIpc) is 3.20. The minimum Gasteiger partial charge on any atom is -0.504 e. The van der Waals surface area contributed by atoms with Crippen molar-refractivity contribution in [3.8, 4) is 11.5 Å². The predicted octanol–water partition coefficient (Wildman–Crippen LogP) is 3.68. The number of hydrogen-bond acceptors (Lipinski definition) is 5. The Labute approximate surface area is 136 Å². The highest BCUT2D eigenvalue weighted by Crippen LogP contribution is 2.37. The van der Waals surface area contributed by atoms with Gasteiger partial charge in [0.2, 0.25) is 0 Å². The summed E-state index contributed by atoms with van der Waals surface area (Å²) >= 11 is 0. The molecule has 1 N–H and O–H groups in total. The molecule has 0 spiro atoms. The molecule has 0 bridgehead atoms. The third-order valence-corrected chi connectivity index (χ3v) is 4.39. The molecular weight excluding hydrogens is 292 g/mol. The molecule has 2 aromatic rings. The van der Waals surface area contributed by atoms with Crippen molar-refractivity contribution in [1.29, 1.82) is 0 Å². The molecule has 5 nitrogen and oxygen atoms in total. The maximum Gasteiger partial charge on any atom is 0.162 e. The first-order valence-electron chi connectivity index (χ1n) is 8.36. The molecule has 23 heavy (non-hydrogen) atoms. The van der Waals surface area contributed by atoms with Crippen LogP contribution < -0.4 is 4.74 Å². The van der Waals surface area contributed by atoms with E-state index in [1.165, 1.54) is 0 Å². The number of phenolic OH excluding ortho intramolecular Hbond substituents is 1. The smallest absolute Gasteiger partial charge is 0.162 e. The van der Waals surface area contributed by atoms with Crippen molar-refractivity contribution in [3.63, 3.8) is 0 Å². The first kappa shape index (κ1) is 15.9. The van der Waals surface area contributed by atoms with Crippen LogP contribution in [0.5, 0.6) is 11.5 Å². The van der Waals surface area contributed by atoms with Crippen LogP contribution in [-0.4, -0.2) is 28.3 Å². The SMILES string of the molecule is CCOc1cccc(CN2CCC[C@@H]2c2cc(CC)no2)c1O. The quantitative estimate of drug-likeness (QED) is 0.881. The molecule has 5 heteroatoms. The van der Waals surface area contributed by atoms with E-state index in [1.807, 2.05) is 19.1 Å². The standard InChI is InChI=1S/C18H24N2O3/c1-3-14-11-17(23-19-14)15-8-6-10-20(15)12-13-7-5-9-16(18(13)21)22-4-2/h5,7,9,11,15,21H,3-4,6,8,10,12H2,1-2H3/t15-/m1/s1. The number of likely N-dealkylation sites (tertiary alicyclic amines) is 1. The molecule has 2 heterocycles. The van der Waals surface area contributed by atoms with E-state index in [0.717, 1.165) is 42.8 Å². The van der Waals surface area contributed by atoms with Crippen LogP contribution >= 0.6 is 0 Å². The van der Waals surface area contributed by atoms with Gasteiger partial charge >= 0.3 is 0 Å². The molecule has 124 valence electrons. The Morgan fingerprint density at radius 2 is 2.26 bits per heavy atom. The van der Waals surface area contributed by atoms with E-state index in [1.54, 1.807) is 6.07 Å². The zero-order valence-corrected chi connectivity index (χ0v) is 13.8. The van der Waals surface area contributed by atoms with Gasteiger partial charge in [0.25, 0.3) is 0 Å². The highest BCUT2D eigenvalue weighted by molar-refractivity contribution is 5.45. The van der Waals surface area contributed by atoms with Crippen molar-refractivity contribution in [1.82, 2.24) is 10.1 Å². The van der Waals surface area contributed by atoms with Gasteiger partial charge in [-0.15, -0.1) is 0 Å². The Morgan fingerprint density at radius 3 is 3.00 bits per heavy atom. The van der Waals surface area contributed by atoms with E-state index in [2.05, 4.69) is 23.0 Å². The molecule has 1 atom stereocenters. The normalized spacial score (nSPS) is 18.4. The number of aromatic nitrogens is 1. The highest BCUT2D eigenvalue weighted by Gasteiger charge is 2.30. The Hall–Kier alpha value is -2.01. The molecular formula is C18H24N2O3. The first-order chi connectivity index (χ1) is 11.2. The van der Waals surface area contributed by atoms with E-state index in [-0.39, 0.29) is 11.8 Å². The number of rotatable bonds is 6. The van der Waals surface area contributed by atoms with Crippen LogP contribution in [0.1, 0.15) is 49.7 Å². The molecule has 1 saturated heterocycles. The summed E-state index contributed by atoms with van der Waals surface area (Å²) in [4.78, 5) is 2.34. The lowest BCUT2D eigenvalue weighted by atomic mass is 10.1. The van der Waals surface area contributed by atoms with Crippen molar-refractivity contribution in [3.05, 3.63) is 41.3 Å². The zero-order chi connectivity index (χ0) is 16.2. The maximum absolute atomic E-state index is 10.4. The predicted molar refractivity (Wildman–Crippen MR) is 87.5 cm³/mol. The molecule has 1 aromatic carbocycles. The molecule has 0 saturated carbocycles. The van der Waals surface area contributed by atoms with Gasteiger partial charge in [0.1, 0.15) is 0 Å². The lowest BCUT2D eigenvalue weighted by Gasteiger charge is -2.23. The van der Waals surface area contributed by atoms with Gasteiger partial charge in [0, 0.05) is 18.2 Å². The summed E-state index contributed by atoms with van der Waals surface area (Å²) in [6, 6.07) is 7.96. The molecule has 1 aromatic heterocycles. The van der Waals surface area contributed by atoms with Crippen LogP contribution in [0, 0.1) is 0 Å². The second kappa shape index (κ2) is 7.04. The van der Waals surface area contributed by atoms with Gasteiger partial charge in [-0.25, -0.2) is 0 Å². The van der Waals surface area contributed by atoms with Crippen molar-refractivity contribution >= 4 is 0 Å². The number of aromatic hydroxyl groups is 1. The first-order valence-corrected chi connectivity index (χ1v) is 8.36. The van der Waals surface area contributed by atoms with Crippen LogP contribution in [0.2, 0.25) is 0 Å². The van der Waals surface area contributed by atoms with E-state index in [9.17, 15) is 5.11 Å². The van der Waals surface area contributed by atoms with Crippen LogP contribution in [0.15, 0.2) is 28.8 Å². The minimum atomic E-state index is 0.234. The number of phenols is 1. The average molecular weight is 316 g/mol. The third kappa shape index (κ3) is 3.34. The monoisotopic (exact) mass is 316 g/mol. The fourth-order valence-electron chi connectivity index (χ4n) is 3.18. The Balaban J connectivity index is 1.77. The summed E-state index contributed by atoms with van der Waals surface area (Å²) in [7, 11) is 0. The molecule has 0 radical (unpaired) electrons. The van der Waals surface area contributed by atoms with Crippen LogP contribution in [0.4, 0.5) is 0 Å². The fraction of sp³-hybridized carbons (Fsp3) is 0.500. The summed E-state index contributed by atoms with van der Waals surface area (Å²) in [5.74, 6) is 1.72. The number of hydrogen-bond donors (Lipinski definition) is 1. The van der Waals surface area contributed by atoms with Crippen LogP contribution in [0.25, 0.3) is 0 Å². The molecule has 1 aliphatic heterocycles. The number of benzene rings is 1. The summed E-state index contributed by atoms with van der Waals surface area (Å²) < 4.78 is 11.0. The van der Waals surface area contributed by atoms with E-state index in [4.69, 9.17) is 9.26 Å². The highest BCUT2D eigenvalue weighted by atomic mass is 16.5. The van der Waals surface area contributed by atoms with Crippen molar-refractivity contribution in [2.24, 2.45) is 0 Å². The van der Waals surface area contributed by atoms with E-state index in [0.29, 0.717) is 18.9 Å². The largest absolute Gasteiger partial charge is 0.504 e. The molecule has 1 aliphatic rings. The summed E-state index contributed by atoms with van der Waals surface area (Å²) in [6.45, 7) is 6.20. The van der Waals surface area contributed by atoms with Gasteiger partial charge in [0.15, 0.2) is 17.3 Å². The molecule has 3 rings (SSSR count). The van der Waals surface area contributed by atoms with E-state index >= 15 is 0 Å². The number of ether oxygens (including phenoxy) is 1. The fourth-order valence-corrected chi connectivity index (χ4v) is 3.18. The summed E-state index contributed by atoms with van der Waals surface area (Å²) in [5.41, 5.74) is 1.88. The van der Waals surface area contributed by atoms with Gasteiger partial charge in [-0.1, -0.05) is 24.2 Å². The van der Waals surface area contributed by atoms with Gasteiger partial charge in [0.05, 0.1) is 18.3 Å². The number of aryl methyl sites for hydroxylation is 1. The lowest BCUT2D eigenvalue weighted by Crippen LogP contribution is -2.22. The van der Waals surface area contributed by atoms with Gasteiger partial charge in [-0.2, -0.15) is 0 Å². The lowest BCUT2D eigenvalue weighted by molar-refractivity contribution is 0.203. The van der Waals surface area contributed by atoms with Crippen molar-refractivity contribution < 1.29 is 14.4 Å². The van der Waals surface area contributed by atoms with Crippen molar-refractivity contribution in [2.75, 3.05) is 13.2 Å². The molecule has 0 unspecified atom stereocenters. The number of nitrogens with zero attached hydrogens (tertiary/aromatic N) is 2. The Kier molecular flexibility index (Phi) is 4.86. The molecule has 0 aliphatic carbocycles.